The topological polar surface area (TPSA) is 110 Å². The normalized spacial score (nSPS) is 11.7. The molecule has 0 fully saturated rings. The third kappa shape index (κ3) is 4.59. The van der Waals surface area contributed by atoms with Crippen molar-refractivity contribution in [2.24, 2.45) is 8.73 Å². The van der Waals surface area contributed by atoms with E-state index < -0.39 is 18.5 Å². The van der Waals surface area contributed by atoms with Crippen LogP contribution in [0.5, 0.6) is 11.5 Å². The minimum atomic E-state index is -0.675. The maximum atomic E-state index is 12.0. The van der Waals surface area contributed by atoms with Crippen LogP contribution in [0.25, 0.3) is 6.08 Å². The summed E-state index contributed by atoms with van der Waals surface area (Å²) in [7, 11) is 1.43. The minimum Gasteiger partial charge on any atom is -0.504 e. The molecule has 0 unspecified atom stereocenters. The van der Waals surface area contributed by atoms with Gasteiger partial charge in [0.05, 0.1) is 24.2 Å². The van der Waals surface area contributed by atoms with Crippen molar-refractivity contribution in [1.29, 1.82) is 0 Å². The van der Waals surface area contributed by atoms with E-state index in [4.69, 9.17) is 9.47 Å². The average Bonchev–Trinajstić information content (AvgIpc) is 3.15. The first kappa shape index (κ1) is 18.3. The van der Waals surface area contributed by atoms with Crippen LogP contribution in [-0.2, 0) is 25.7 Å². The van der Waals surface area contributed by atoms with E-state index in [2.05, 4.69) is 14.0 Å². The van der Waals surface area contributed by atoms with Crippen LogP contribution in [0.4, 0.5) is 17.1 Å². The number of phenolic OH excluding ortho intramolecular Hbond substituents is 1. The van der Waals surface area contributed by atoms with Crippen LogP contribution in [-0.4, -0.2) is 30.7 Å². The molecule has 0 bridgehead atoms. The number of hydrogen-bond donors (Lipinski definition) is 2. The molecule has 0 atom stereocenters. The van der Waals surface area contributed by atoms with E-state index in [0.29, 0.717) is 22.6 Å². The Hall–Kier alpha value is -3.46. The zero-order valence-corrected chi connectivity index (χ0v) is 15.0. The Bertz CT molecular complexity index is 996. The van der Waals surface area contributed by atoms with Crippen LogP contribution in [0.3, 0.4) is 0 Å². The number of nitrogens with zero attached hydrogens (tertiary/aromatic N) is 2. The van der Waals surface area contributed by atoms with Crippen molar-refractivity contribution in [3.05, 3.63) is 48.0 Å². The number of carbonyl (C=O) groups excluding carboxylic acids is 2. The molecule has 0 aliphatic carbocycles. The number of amides is 1. The van der Waals surface area contributed by atoms with Crippen LogP contribution in [0, 0.1) is 0 Å². The monoisotopic (exact) mass is 385 g/mol. The van der Waals surface area contributed by atoms with E-state index in [0.717, 1.165) is 11.4 Å². The van der Waals surface area contributed by atoms with Crippen molar-refractivity contribution in [3.63, 3.8) is 0 Å². The molecule has 2 aromatic carbocycles. The van der Waals surface area contributed by atoms with Gasteiger partial charge in [0.1, 0.15) is 11.4 Å². The standard InChI is InChI=1S/C18H15N3O5S/c1-25-15-9-11(5-7-14(15)22)6-8-17(24)26-10-16(23)19-12-3-2-4-13-18(12)21-27-20-13/h2-9,22H,10H2,1H3,(H,19,23)/b8-6+. The molecular weight excluding hydrogens is 370 g/mol. The van der Waals surface area contributed by atoms with Gasteiger partial charge in [0.15, 0.2) is 18.1 Å². The Balaban J connectivity index is 1.53. The highest BCUT2D eigenvalue weighted by molar-refractivity contribution is 7.58. The van der Waals surface area contributed by atoms with Gasteiger partial charge in [0.2, 0.25) is 0 Å². The Labute approximate surface area is 158 Å². The molecule has 1 heterocycles. The summed E-state index contributed by atoms with van der Waals surface area (Å²) in [5.41, 5.74) is 2.41. The lowest BCUT2D eigenvalue weighted by molar-refractivity contribution is -0.142. The van der Waals surface area contributed by atoms with E-state index in [-0.39, 0.29) is 11.5 Å². The summed E-state index contributed by atoms with van der Waals surface area (Å²) < 4.78 is 18.1. The average molecular weight is 385 g/mol. The third-order valence-electron chi connectivity index (χ3n) is 3.52. The Morgan fingerprint density at radius 3 is 2.93 bits per heavy atom. The van der Waals surface area contributed by atoms with E-state index in [9.17, 15) is 14.7 Å². The SMILES string of the molecule is COc1cc(/C=C/C(=O)OCC(=O)Nc2cccc3c2N=S=N3)ccc1O. The quantitative estimate of drug-likeness (QED) is 0.500. The summed E-state index contributed by atoms with van der Waals surface area (Å²) >= 11 is 1.05. The van der Waals surface area contributed by atoms with Gasteiger partial charge in [-0.3, -0.25) is 4.79 Å². The molecule has 0 aromatic heterocycles. The van der Waals surface area contributed by atoms with E-state index in [1.165, 1.54) is 25.3 Å². The van der Waals surface area contributed by atoms with Crippen molar-refractivity contribution >= 4 is 46.4 Å². The number of fused-ring (bicyclic) bond motifs is 1. The molecule has 8 nitrogen and oxygen atoms in total. The molecule has 3 rings (SSSR count). The summed E-state index contributed by atoms with van der Waals surface area (Å²) in [5, 5.41) is 12.2. The summed E-state index contributed by atoms with van der Waals surface area (Å²) in [4.78, 5) is 23.8. The molecule has 0 saturated carbocycles. The summed E-state index contributed by atoms with van der Waals surface area (Å²) in [6.07, 6.45) is 2.67. The molecule has 27 heavy (non-hydrogen) atoms. The number of ether oxygens (including phenoxy) is 2. The van der Waals surface area contributed by atoms with Crippen LogP contribution in [0.2, 0.25) is 0 Å². The molecule has 0 saturated heterocycles. The molecule has 1 amide bonds. The first-order valence-electron chi connectivity index (χ1n) is 7.80. The van der Waals surface area contributed by atoms with Crippen molar-refractivity contribution in [1.82, 2.24) is 0 Å². The number of nitrogens with one attached hydrogen (secondary N) is 1. The second kappa shape index (κ2) is 8.28. The molecule has 1 aliphatic heterocycles. The highest BCUT2D eigenvalue weighted by Crippen LogP contribution is 2.38. The second-order valence-electron chi connectivity index (χ2n) is 5.36. The van der Waals surface area contributed by atoms with Crippen LogP contribution in [0.1, 0.15) is 5.56 Å². The van der Waals surface area contributed by atoms with Crippen LogP contribution in [0.15, 0.2) is 51.2 Å². The molecule has 1 aliphatic rings. The predicted molar refractivity (Wildman–Crippen MR) is 101 cm³/mol. The van der Waals surface area contributed by atoms with Gasteiger partial charge >= 0.3 is 5.97 Å². The third-order valence-corrected chi connectivity index (χ3v) is 4.06. The van der Waals surface area contributed by atoms with Crippen molar-refractivity contribution in [2.45, 2.75) is 0 Å². The Morgan fingerprint density at radius 1 is 1.26 bits per heavy atom. The van der Waals surface area contributed by atoms with Gasteiger partial charge in [0.25, 0.3) is 5.91 Å². The van der Waals surface area contributed by atoms with Gasteiger partial charge in [-0.1, -0.05) is 12.1 Å². The maximum absolute atomic E-state index is 12.0. The predicted octanol–water partition coefficient (Wildman–Crippen LogP) is 3.32. The molecule has 9 heteroatoms. The number of phenols is 1. The number of rotatable bonds is 6. The largest absolute Gasteiger partial charge is 0.504 e. The fourth-order valence-corrected chi connectivity index (χ4v) is 2.79. The van der Waals surface area contributed by atoms with Crippen molar-refractivity contribution < 1.29 is 24.2 Å². The number of aromatic hydroxyl groups is 1. The lowest BCUT2D eigenvalue weighted by Crippen LogP contribution is -2.20. The number of hydrogen-bond acceptors (Lipinski definition) is 7. The second-order valence-corrected chi connectivity index (χ2v) is 5.89. The lowest BCUT2D eigenvalue weighted by Gasteiger charge is -2.07. The fourth-order valence-electron chi connectivity index (χ4n) is 2.24. The molecule has 0 radical (unpaired) electrons. The molecular formula is C18H15N3O5S. The Morgan fingerprint density at radius 2 is 2.11 bits per heavy atom. The van der Waals surface area contributed by atoms with Crippen LogP contribution < -0.4 is 10.1 Å². The number of methoxy groups -OCH3 is 1. The van der Waals surface area contributed by atoms with Gasteiger partial charge in [-0.25, -0.2) is 4.79 Å². The zero-order chi connectivity index (χ0) is 19.2. The summed E-state index contributed by atoms with van der Waals surface area (Å²) in [5.74, 6) is -0.871. The molecule has 2 aromatic rings. The van der Waals surface area contributed by atoms with Gasteiger partial charge in [-0.2, -0.15) is 8.73 Å². The van der Waals surface area contributed by atoms with Crippen molar-refractivity contribution in [2.75, 3.05) is 19.0 Å². The van der Waals surface area contributed by atoms with E-state index in [1.807, 2.05) is 0 Å². The fraction of sp³-hybridized carbons (Fsp3) is 0.111. The maximum Gasteiger partial charge on any atom is 0.331 e. The minimum absolute atomic E-state index is 0.000713. The van der Waals surface area contributed by atoms with Gasteiger partial charge in [-0.05, 0) is 35.9 Å². The number of anilines is 1. The van der Waals surface area contributed by atoms with Gasteiger partial charge in [-0.15, -0.1) is 0 Å². The smallest absolute Gasteiger partial charge is 0.331 e. The zero-order valence-electron chi connectivity index (χ0n) is 14.2. The number of carbonyl (C=O) groups is 2. The molecule has 138 valence electrons. The van der Waals surface area contributed by atoms with E-state index in [1.54, 1.807) is 30.3 Å². The number of benzene rings is 2. The summed E-state index contributed by atoms with van der Waals surface area (Å²) in [6.45, 7) is -0.434. The molecule has 0 spiro atoms. The lowest BCUT2D eigenvalue weighted by atomic mass is 10.2. The first-order chi connectivity index (χ1) is 13.1. The van der Waals surface area contributed by atoms with E-state index >= 15 is 0 Å². The van der Waals surface area contributed by atoms with Crippen molar-refractivity contribution in [3.8, 4) is 11.5 Å². The summed E-state index contributed by atoms with van der Waals surface area (Å²) in [6, 6.07) is 9.86. The highest BCUT2D eigenvalue weighted by Gasteiger charge is 2.13. The first-order valence-corrected chi connectivity index (χ1v) is 8.53. The Kier molecular flexibility index (Phi) is 5.62. The number of esters is 1. The highest BCUT2D eigenvalue weighted by atomic mass is 32.1. The van der Waals surface area contributed by atoms with Crippen LogP contribution >= 0.6 is 0 Å². The van der Waals surface area contributed by atoms with Gasteiger partial charge in [0, 0.05) is 6.08 Å². The molecule has 2 N–H and O–H groups in total. The van der Waals surface area contributed by atoms with Gasteiger partial charge < -0.3 is 19.9 Å².